The van der Waals surface area contributed by atoms with Gasteiger partial charge in [0.2, 0.25) is 17.8 Å². The van der Waals surface area contributed by atoms with Gasteiger partial charge in [0, 0.05) is 45.5 Å². The summed E-state index contributed by atoms with van der Waals surface area (Å²) in [5.41, 5.74) is 2.00. The SMILES string of the molecule is C=CC(=O)N1CCC[C@@H](NC(=O)CNc2nc(N3CCOCC3)nc3c2ncn3-c2cnn(C)c2)C1. The van der Waals surface area contributed by atoms with E-state index in [9.17, 15) is 9.59 Å². The fourth-order valence-corrected chi connectivity index (χ4v) is 4.51. The van der Waals surface area contributed by atoms with Gasteiger partial charge < -0.3 is 25.2 Å². The first-order valence-electron chi connectivity index (χ1n) is 12.0. The number of nitrogens with one attached hydrogen (secondary N) is 2. The highest BCUT2D eigenvalue weighted by Crippen LogP contribution is 2.25. The highest BCUT2D eigenvalue weighted by molar-refractivity contribution is 5.89. The zero-order valence-corrected chi connectivity index (χ0v) is 20.3. The number of amides is 2. The number of nitrogens with zero attached hydrogens (tertiary/aromatic N) is 8. The Morgan fingerprint density at radius 1 is 1.25 bits per heavy atom. The Labute approximate surface area is 208 Å². The number of piperidine rings is 1. The topological polar surface area (TPSA) is 135 Å². The van der Waals surface area contributed by atoms with E-state index in [-0.39, 0.29) is 24.4 Å². The molecule has 0 radical (unpaired) electrons. The van der Waals surface area contributed by atoms with Crippen LogP contribution in [0.15, 0.2) is 31.4 Å². The van der Waals surface area contributed by atoms with E-state index in [0.717, 1.165) is 18.5 Å². The third-order valence-corrected chi connectivity index (χ3v) is 6.34. The highest BCUT2D eigenvalue weighted by atomic mass is 16.5. The zero-order valence-electron chi connectivity index (χ0n) is 20.3. The average Bonchev–Trinajstić information content (AvgIpc) is 3.53. The van der Waals surface area contributed by atoms with Crippen LogP contribution in [0.25, 0.3) is 16.9 Å². The van der Waals surface area contributed by atoms with Crippen molar-refractivity contribution in [2.24, 2.45) is 7.05 Å². The zero-order chi connectivity index (χ0) is 25.1. The number of morpholine rings is 1. The molecule has 2 N–H and O–H groups in total. The summed E-state index contributed by atoms with van der Waals surface area (Å²) in [5, 5.41) is 10.4. The number of fused-ring (bicyclic) bond motifs is 1. The number of ether oxygens (including phenoxy) is 1. The monoisotopic (exact) mass is 494 g/mol. The van der Waals surface area contributed by atoms with Crippen LogP contribution < -0.4 is 15.5 Å². The number of likely N-dealkylation sites (tertiary alicyclic amines) is 1. The second-order valence-electron chi connectivity index (χ2n) is 8.88. The number of rotatable bonds is 7. The maximum Gasteiger partial charge on any atom is 0.246 e. The second kappa shape index (κ2) is 10.3. The Morgan fingerprint density at radius 3 is 2.83 bits per heavy atom. The van der Waals surface area contributed by atoms with Crippen molar-refractivity contribution in [3.05, 3.63) is 31.4 Å². The van der Waals surface area contributed by atoms with Crippen molar-refractivity contribution >= 4 is 34.7 Å². The summed E-state index contributed by atoms with van der Waals surface area (Å²) in [6, 6.07) is -0.101. The first-order valence-corrected chi connectivity index (χ1v) is 12.0. The number of hydrogen-bond acceptors (Lipinski definition) is 9. The van der Waals surface area contributed by atoms with E-state index < -0.39 is 0 Å². The van der Waals surface area contributed by atoms with Gasteiger partial charge in [-0.05, 0) is 18.9 Å². The van der Waals surface area contributed by atoms with Crippen LogP contribution in [-0.4, -0.2) is 98.0 Å². The molecule has 5 rings (SSSR count). The Morgan fingerprint density at radius 2 is 2.08 bits per heavy atom. The molecule has 3 aromatic rings. The maximum atomic E-state index is 12.8. The number of hydrogen-bond donors (Lipinski definition) is 2. The van der Waals surface area contributed by atoms with Crippen LogP contribution in [0.1, 0.15) is 12.8 Å². The predicted octanol–water partition coefficient (Wildman–Crippen LogP) is 0.0907. The fraction of sp³-hybridized carbons (Fsp3) is 0.478. The van der Waals surface area contributed by atoms with Crippen LogP contribution in [0.2, 0.25) is 0 Å². The molecule has 0 saturated carbocycles. The van der Waals surface area contributed by atoms with Crippen LogP contribution in [0.3, 0.4) is 0 Å². The average molecular weight is 495 g/mol. The minimum absolute atomic E-state index is 0.0142. The Kier molecular flexibility index (Phi) is 6.80. The van der Waals surface area contributed by atoms with Gasteiger partial charge >= 0.3 is 0 Å². The van der Waals surface area contributed by atoms with E-state index >= 15 is 0 Å². The van der Waals surface area contributed by atoms with Crippen LogP contribution in [0, 0.1) is 0 Å². The molecule has 2 fully saturated rings. The molecular formula is C23H30N10O3. The molecule has 2 saturated heterocycles. The summed E-state index contributed by atoms with van der Waals surface area (Å²) in [6.07, 6.45) is 8.26. The molecule has 190 valence electrons. The lowest BCUT2D eigenvalue weighted by Gasteiger charge is -2.32. The van der Waals surface area contributed by atoms with Crippen molar-refractivity contribution in [1.29, 1.82) is 0 Å². The molecule has 0 aliphatic carbocycles. The van der Waals surface area contributed by atoms with E-state index in [1.807, 2.05) is 17.8 Å². The van der Waals surface area contributed by atoms with Gasteiger partial charge in [0.05, 0.1) is 31.6 Å². The van der Waals surface area contributed by atoms with Crippen molar-refractivity contribution in [3.8, 4) is 5.69 Å². The predicted molar refractivity (Wildman–Crippen MR) is 133 cm³/mol. The van der Waals surface area contributed by atoms with Crippen molar-refractivity contribution < 1.29 is 14.3 Å². The summed E-state index contributed by atoms with van der Waals surface area (Å²) < 4.78 is 9.04. The number of aryl methyl sites for hydroxylation is 1. The standard InChI is InChI=1S/C23H30N10O3/c1-3-19(35)32-6-4-5-16(13-32)27-18(34)12-24-21-20-22(29-23(28-21)31-7-9-36-10-8-31)33(15-25-20)17-11-26-30(2)14-17/h3,11,14-16H,1,4-10,12-13H2,2H3,(H,27,34)(H,24,28,29)/t16-/m1/s1. The minimum atomic E-state index is -0.181. The molecule has 3 aromatic heterocycles. The van der Waals surface area contributed by atoms with Gasteiger partial charge in [-0.3, -0.25) is 18.8 Å². The highest BCUT2D eigenvalue weighted by Gasteiger charge is 2.24. The van der Waals surface area contributed by atoms with E-state index in [1.165, 1.54) is 6.08 Å². The first-order chi connectivity index (χ1) is 17.5. The van der Waals surface area contributed by atoms with E-state index in [1.54, 1.807) is 22.1 Å². The molecule has 2 amide bonds. The van der Waals surface area contributed by atoms with Crippen molar-refractivity contribution in [1.82, 2.24) is 39.5 Å². The maximum absolute atomic E-state index is 12.8. The number of anilines is 2. The van der Waals surface area contributed by atoms with E-state index in [2.05, 4.69) is 32.2 Å². The number of carbonyl (C=O) groups excluding carboxylic acids is 2. The van der Waals surface area contributed by atoms with Gasteiger partial charge in [-0.15, -0.1) is 0 Å². The summed E-state index contributed by atoms with van der Waals surface area (Å²) in [5.74, 6) is 0.728. The number of imidazole rings is 1. The van der Waals surface area contributed by atoms with Gasteiger partial charge in [-0.2, -0.15) is 15.1 Å². The van der Waals surface area contributed by atoms with Crippen molar-refractivity contribution in [2.45, 2.75) is 18.9 Å². The molecule has 0 spiro atoms. The Balaban J connectivity index is 1.35. The summed E-state index contributed by atoms with van der Waals surface area (Å²) in [7, 11) is 1.85. The van der Waals surface area contributed by atoms with Crippen molar-refractivity contribution in [3.63, 3.8) is 0 Å². The summed E-state index contributed by atoms with van der Waals surface area (Å²) >= 11 is 0. The third-order valence-electron chi connectivity index (χ3n) is 6.34. The van der Waals surface area contributed by atoms with Crippen LogP contribution >= 0.6 is 0 Å². The molecule has 13 heteroatoms. The quantitative estimate of drug-likeness (QED) is 0.438. The van der Waals surface area contributed by atoms with Gasteiger partial charge in [0.1, 0.15) is 6.33 Å². The largest absolute Gasteiger partial charge is 0.378 e. The molecule has 13 nitrogen and oxygen atoms in total. The fourth-order valence-electron chi connectivity index (χ4n) is 4.51. The molecule has 1 atom stereocenters. The van der Waals surface area contributed by atoms with Crippen LogP contribution in [-0.2, 0) is 21.4 Å². The second-order valence-corrected chi connectivity index (χ2v) is 8.88. The summed E-state index contributed by atoms with van der Waals surface area (Å²) in [6.45, 7) is 7.27. The van der Waals surface area contributed by atoms with Crippen LogP contribution in [0.4, 0.5) is 11.8 Å². The van der Waals surface area contributed by atoms with E-state index in [0.29, 0.717) is 62.3 Å². The first kappa shape index (κ1) is 23.7. The van der Waals surface area contributed by atoms with Crippen molar-refractivity contribution in [2.75, 3.05) is 56.2 Å². The van der Waals surface area contributed by atoms with Gasteiger partial charge in [0.25, 0.3) is 0 Å². The lowest BCUT2D eigenvalue weighted by atomic mass is 10.1. The molecule has 36 heavy (non-hydrogen) atoms. The number of carbonyl (C=O) groups is 2. The Bertz CT molecular complexity index is 1260. The lowest BCUT2D eigenvalue weighted by molar-refractivity contribution is -0.128. The van der Waals surface area contributed by atoms with Crippen LogP contribution in [0.5, 0.6) is 0 Å². The van der Waals surface area contributed by atoms with Gasteiger partial charge in [-0.25, -0.2) is 4.98 Å². The molecule has 2 aliphatic rings. The lowest BCUT2D eigenvalue weighted by Crippen LogP contribution is -2.50. The molecule has 2 aliphatic heterocycles. The molecule has 0 unspecified atom stereocenters. The smallest absolute Gasteiger partial charge is 0.246 e. The number of aromatic nitrogens is 6. The molecule has 5 heterocycles. The van der Waals surface area contributed by atoms with Gasteiger partial charge in [-0.1, -0.05) is 6.58 Å². The Hall–Kier alpha value is -4.00. The molecule has 0 bridgehead atoms. The normalized spacial score (nSPS) is 18.3. The minimum Gasteiger partial charge on any atom is -0.378 e. The van der Waals surface area contributed by atoms with E-state index in [4.69, 9.17) is 14.7 Å². The molecular weight excluding hydrogens is 464 g/mol. The third kappa shape index (κ3) is 5.00. The summed E-state index contributed by atoms with van der Waals surface area (Å²) in [4.78, 5) is 42.5. The molecule has 0 aromatic carbocycles. The van der Waals surface area contributed by atoms with Gasteiger partial charge in [0.15, 0.2) is 17.0 Å².